The zero-order valence-corrected chi connectivity index (χ0v) is 11.6. The van der Waals surface area contributed by atoms with E-state index < -0.39 is 0 Å². The smallest absolute Gasteiger partial charge is 0.141 e. The molecule has 0 aliphatic carbocycles. The molecule has 0 spiro atoms. The van der Waals surface area contributed by atoms with Crippen molar-refractivity contribution in [1.82, 2.24) is 9.88 Å². The molecule has 5 nitrogen and oxygen atoms in total. The molecule has 2 heterocycles. The van der Waals surface area contributed by atoms with Gasteiger partial charge >= 0.3 is 0 Å². The van der Waals surface area contributed by atoms with Gasteiger partial charge in [0.15, 0.2) is 0 Å². The Morgan fingerprint density at radius 3 is 3.11 bits per heavy atom. The van der Waals surface area contributed by atoms with Crippen molar-refractivity contribution in [2.75, 3.05) is 13.2 Å². The van der Waals surface area contributed by atoms with E-state index in [1.807, 2.05) is 12.1 Å². The van der Waals surface area contributed by atoms with Crippen molar-refractivity contribution in [2.24, 2.45) is 5.73 Å². The zero-order valence-electron chi connectivity index (χ0n) is 11.6. The van der Waals surface area contributed by atoms with Crippen LogP contribution in [0.15, 0.2) is 18.3 Å². The van der Waals surface area contributed by atoms with E-state index in [0.717, 1.165) is 31.7 Å². The summed E-state index contributed by atoms with van der Waals surface area (Å²) in [5.41, 5.74) is 7.17. The molecule has 5 heteroatoms. The summed E-state index contributed by atoms with van der Waals surface area (Å²) in [6.45, 7) is 6.88. The molecule has 3 N–H and O–H groups in total. The van der Waals surface area contributed by atoms with Crippen molar-refractivity contribution in [2.45, 2.75) is 39.0 Å². The first kappa shape index (κ1) is 14.0. The number of aromatic nitrogens is 1. The van der Waals surface area contributed by atoms with Crippen molar-refractivity contribution in [3.63, 3.8) is 0 Å². The van der Waals surface area contributed by atoms with Crippen LogP contribution in [0.1, 0.15) is 31.5 Å². The molecule has 0 amide bonds. The molecule has 2 rings (SSSR count). The number of amidine groups is 1. The summed E-state index contributed by atoms with van der Waals surface area (Å²) in [7, 11) is 0. The van der Waals surface area contributed by atoms with Gasteiger partial charge in [-0.1, -0.05) is 6.92 Å². The highest BCUT2D eigenvalue weighted by atomic mass is 16.5. The molecule has 2 unspecified atom stereocenters. The second-order valence-corrected chi connectivity index (χ2v) is 5.10. The average molecular weight is 262 g/mol. The minimum absolute atomic E-state index is 0.0178. The predicted molar refractivity (Wildman–Crippen MR) is 75.2 cm³/mol. The Morgan fingerprint density at radius 2 is 2.42 bits per heavy atom. The number of nitrogens with one attached hydrogen (secondary N) is 1. The number of rotatable bonds is 4. The molecular formula is C14H22N4O. The first-order valence-corrected chi connectivity index (χ1v) is 6.75. The third kappa shape index (κ3) is 3.52. The number of hydrogen-bond donors (Lipinski definition) is 2. The molecule has 0 saturated carbocycles. The van der Waals surface area contributed by atoms with Crippen molar-refractivity contribution in [1.29, 1.82) is 5.41 Å². The van der Waals surface area contributed by atoms with Crippen LogP contribution in [0.5, 0.6) is 0 Å². The van der Waals surface area contributed by atoms with Crippen LogP contribution in [0.4, 0.5) is 0 Å². The van der Waals surface area contributed by atoms with Crippen LogP contribution < -0.4 is 5.73 Å². The number of nitrogen functional groups attached to an aromatic ring is 1. The van der Waals surface area contributed by atoms with E-state index in [2.05, 4.69) is 23.7 Å². The third-order valence-corrected chi connectivity index (χ3v) is 3.54. The Morgan fingerprint density at radius 1 is 1.63 bits per heavy atom. The highest BCUT2D eigenvalue weighted by molar-refractivity contribution is 5.93. The summed E-state index contributed by atoms with van der Waals surface area (Å²) in [6.07, 6.45) is 3.07. The highest BCUT2D eigenvalue weighted by Gasteiger charge is 2.25. The summed E-state index contributed by atoms with van der Waals surface area (Å²) in [5, 5.41) is 7.44. The largest absolute Gasteiger partial charge is 0.382 e. The van der Waals surface area contributed by atoms with E-state index in [0.29, 0.717) is 11.7 Å². The van der Waals surface area contributed by atoms with Gasteiger partial charge in [0, 0.05) is 25.3 Å². The van der Waals surface area contributed by atoms with E-state index in [1.165, 1.54) is 0 Å². The molecule has 0 radical (unpaired) electrons. The average Bonchev–Trinajstić information content (AvgIpc) is 2.39. The second-order valence-electron chi connectivity index (χ2n) is 5.10. The maximum atomic E-state index is 7.44. The molecule has 1 saturated heterocycles. The monoisotopic (exact) mass is 262 g/mol. The van der Waals surface area contributed by atoms with Gasteiger partial charge in [0.2, 0.25) is 0 Å². The molecule has 104 valence electrons. The molecule has 1 aromatic heterocycles. The van der Waals surface area contributed by atoms with Crippen molar-refractivity contribution >= 4 is 5.84 Å². The number of ether oxygens (including phenoxy) is 1. The number of pyridine rings is 1. The molecule has 1 fully saturated rings. The van der Waals surface area contributed by atoms with Gasteiger partial charge in [-0.25, -0.2) is 0 Å². The van der Waals surface area contributed by atoms with Gasteiger partial charge in [-0.2, -0.15) is 0 Å². The van der Waals surface area contributed by atoms with Gasteiger partial charge in [-0.3, -0.25) is 15.3 Å². The molecule has 19 heavy (non-hydrogen) atoms. The fourth-order valence-corrected chi connectivity index (χ4v) is 2.44. The van der Waals surface area contributed by atoms with E-state index in [9.17, 15) is 0 Å². The van der Waals surface area contributed by atoms with Crippen molar-refractivity contribution in [3.8, 4) is 0 Å². The maximum absolute atomic E-state index is 7.44. The summed E-state index contributed by atoms with van der Waals surface area (Å²) in [5.74, 6) is 0.0178. The summed E-state index contributed by atoms with van der Waals surface area (Å²) >= 11 is 0. The lowest BCUT2D eigenvalue weighted by molar-refractivity contribution is -0.0592. The number of nitrogens with zero attached hydrogens (tertiary/aromatic N) is 2. The number of hydrogen-bond acceptors (Lipinski definition) is 4. The Bertz CT molecular complexity index is 449. The summed E-state index contributed by atoms with van der Waals surface area (Å²) < 4.78 is 5.70. The summed E-state index contributed by atoms with van der Waals surface area (Å²) in [6, 6.07) is 4.35. The lowest BCUT2D eigenvalue weighted by Crippen LogP contribution is -2.47. The standard InChI is InChI=1S/C14H22N4O/c1-3-12-9-19-10(2)7-18(12)8-11-4-5-17-13(6-11)14(15)16/h4-6,10,12H,3,7-9H2,1-2H3,(H3,15,16). The minimum Gasteiger partial charge on any atom is -0.382 e. The van der Waals surface area contributed by atoms with Crippen LogP contribution >= 0.6 is 0 Å². The molecule has 1 aliphatic rings. The van der Waals surface area contributed by atoms with E-state index in [1.54, 1.807) is 6.20 Å². The molecule has 0 bridgehead atoms. The van der Waals surface area contributed by atoms with Crippen LogP contribution in [0, 0.1) is 5.41 Å². The van der Waals surface area contributed by atoms with Crippen molar-refractivity contribution in [3.05, 3.63) is 29.6 Å². The van der Waals surface area contributed by atoms with Crippen LogP contribution in [-0.4, -0.2) is 41.0 Å². The van der Waals surface area contributed by atoms with Crippen LogP contribution in [0.3, 0.4) is 0 Å². The lowest BCUT2D eigenvalue weighted by atomic mass is 10.1. The quantitative estimate of drug-likeness (QED) is 0.634. The Labute approximate surface area is 114 Å². The first-order valence-electron chi connectivity index (χ1n) is 6.75. The molecule has 2 atom stereocenters. The first-order chi connectivity index (χ1) is 9.10. The fourth-order valence-electron chi connectivity index (χ4n) is 2.44. The summed E-state index contributed by atoms with van der Waals surface area (Å²) in [4.78, 5) is 6.53. The van der Waals surface area contributed by atoms with E-state index >= 15 is 0 Å². The van der Waals surface area contributed by atoms with Crippen molar-refractivity contribution < 1.29 is 4.74 Å². The Kier molecular flexibility index (Phi) is 4.50. The fraction of sp³-hybridized carbons (Fsp3) is 0.571. The van der Waals surface area contributed by atoms with Gasteiger partial charge in [-0.05, 0) is 31.0 Å². The molecule has 1 aromatic rings. The maximum Gasteiger partial charge on any atom is 0.141 e. The second kappa shape index (κ2) is 6.12. The number of morpholine rings is 1. The SMILES string of the molecule is CCC1COC(C)CN1Cc1ccnc(C(=N)N)c1. The normalized spacial score (nSPS) is 24.3. The molecule has 1 aliphatic heterocycles. The van der Waals surface area contributed by atoms with Gasteiger partial charge < -0.3 is 10.5 Å². The Balaban J connectivity index is 2.10. The van der Waals surface area contributed by atoms with Crippen LogP contribution in [0.2, 0.25) is 0 Å². The molecular weight excluding hydrogens is 240 g/mol. The van der Waals surface area contributed by atoms with Crippen LogP contribution in [-0.2, 0) is 11.3 Å². The topological polar surface area (TPSA) is 75.2 Å². The van der Waals surface area contributed by atoms with Gasteiger partial charge in [0.1, 0.15) is 11.5 Å². The van der Waals surface area contributed by atoms with Gasteiger partial charge in [0.05, 0.1) is 12.7 Å². The van der Waals surface area contributed by atoms with E-state index in [4.69, 9.17) is 15.9 Å². The van der Waals surface area contributed by atoms with Gasteiger partial charge in [-0.15, -0.1) is 0 Å². The third-order valence-electron chi connectivity index (χ3n) is 3.54. The van der Waals surface area contributed by atoms with Gasteiger partial charge in [0.25, 0.3) is 0 Å². The van der Waals surface area contributed by atoms with E-state index in [-0.39, 0.29) is 11.9 Å². The zero-order chi connectivity index (χ0) is 13.8. The van der Waals surface area contributed by atoms with Crippen LogP contribution in [0.25, 0.3) is 0 Å². The number of nitrogens with two attached hydrogens (primary N) is 1. The predicted octanol–water partition coefficient (Wildman–Crippen LogP) is 1.36. The highest BCUT2D eigenvalue weighted by Crippen LogP contribution is 2.17. The Hall–Kier alpha value is -1.46. The molecule has 0 aromatic carbocycles. The lowest BCUT2D eigenvalue weighted by Gasteiger charge is -2.38. The minimum atomic E-state index is 0.0178.